The molecule has 0 saturated carbocycles. The number of esters is 1. The quantitative estimate of drug-likeness (QED) is 0.0719. The third kappa shape index (κ3) is 16.0. The van der Waals surface area contributed by atoms with Crippen LogP contribution in [0.1, 0.15) is 67.7 Å². The van der Waals surface area contributed by atoms with Crippen LogP contribution in [0, 0.1) is 23.7 Å². The predicted molar refractivity (Wildman–Crippen MR) is 173 cm³/mol. The third-order valence-corrected chi connectivity index (χ3v) is 7.35. The van der Waals surface area contributed by atoms with E-state index in [1.54, 1.807) is 19.9 Å². The summed E-state index contributed by atoms with van der Waals surface area (Å²) in [7, 11) is 0. The number of aliphatic hydroxyl groups excluding tert-OH is 3. The second kappa shape index (κ2) is 20.6. The van der Waals surface area contributed by atoms with Crippen molar-refractivity contribution in [2.45, 2.75) is 86.0 Å². The van der Waals surface area contributed by atoms with Gasteiger partial charge in [-0.05, 0) is 69.1 Å². The maximum absolute atomic E-state index is 13.1. The molecule has 0 aromatic heterocycles. The average molecular weight is 616 g/mol. The number of aliphatic hydroxyl groups is 3. The van der Waals surface area contributed by atoms with Gasteiger partial charge in [0.2, 0.25) is 0 Å². The van der Waals surface area contributed by atoms with Gasteiger partial charge in [-0.25, -0.2) is 9.59 Å². The Labute approximate surface area is 263 Å². The minimum atomic E-state index is -1.04. The van der Waals surface area contributed by atoms with Gasteiger partial charge in [-0.15, -0.1) is 0 Å². The van der Waals surface area contributed by atoms with Gasteiger partial charge < -0.3 is 30.1 Å². The molecule has 1 rings (SSSR count). The summed E-state index contributed by atoms with van der Waals surface area (Å²) in [5.74, 6) is -0.787. The molecule has 0 aliphatic carbocycles. The van der Waals surface area contributed by atoms with Crippen LogP contribution in [0.15, 0.2) is 71.4 Å². The number of rotatable bonds is 18. The van der Waals surface area contributed by atoms with Crippen LogP contribution in [-0.4, -0.2) is 71.2 Å². The number of carbonyl (C=O) groups excluding carboxylic acids is 3. The largest absolute Gasteiger partial charge is 0.455 e. The topological polar surface area (TPSA) is 142 Å². The van der Waals surface area contributed by atoms with Crippen LogP contribution in [0.3, 0.4) is 0 Å². The molecule has 0 bridgehead atoms. The summed E-state index contributed by atoms with van der Waals surface area (Å²) in [4.78, 5) is 36.1. The van der Waals surface area contributed by atoms with Crippen LogP contribution in [-0.2, 0) is 19.1 Å². The Morgan fingerprint density at radius 1 is 1.14 bits per heavy atom. The van der Waals surface area contributed by atoms with Gasteiger partial charge in [0, 0.05) is 25.0 Å². The lowest BCUT2D eigenvalue weighted by atomic mass is 9.84. The van der Waals surface area contributed by atoms with E-state index < -0.39 is 30.8 Å². The standard InChI is InChI=1S/C35H53NO8/c1-23(18-25(3)14-15-31-12-9-13-32(39)44-31)10-8-11-24(2)19-27(5)33(40)29(7)34(41)28(6)20-26(4)16-17-43-35(42)36-21-30(38)22-37/h8-9,11,13-16,18-19,23-24,28-31,34,37-38,41H,10,12,17,20-22H2,1-7H3,(H,36,42)/t23-,24?,28+,29-,30-,31-,34-/m1/s1. The van der Waals surface area contributed by atoms with E-state index >= 15 is 0 Å². The van der Waals surface area contributed by atoms with Gasteiger partial charge in [-0.3, -0.25) is 4.79 Å². The summed E-state index contributed by atoms with van der Waals surface area (Å²) in [6.07, 6.45) is 16.5. The lowest BCUT2D eigenvalue weighted by Gasteiger charge is -2.25. The Morgan fingerprint density at radius 2 is 1.84 bits per heavy atom. The summed E-state index contributed by atoms with van der Waals surface area (Å²) >= 11 is 0. The zero-order valence-electron chi connectivity index (χ0n) is 27.4. The van der Waals surface area contributed by atoms with Gasteiger partial charge in [0.1, 0.15) is 12.7 Å². The molecule has 9 nitrogen and oxygen atoms in total. The van der Waals surface area contributed by atoms with E-state index in [2.05, 4.69) is 30.5 Å². The predicted octanol–water partition coefficient (Wildman–Crippen LogP) is 5.14. The number of Topliss-reactive ketones (excluding diaryl/α,β-unsaturated/α-hetero) is 1. The van der Waals surface area contributed by atoms with Crippen molar-refractivity contribution in [2.75, 3.05) is 19.8 Å². The molecule has 1 aliphatic rings. The highest BCUT2D eigenvalue weighted by molar-refractivity contribution is 5.96. The van der Waals surface area contributed by atoms with Gasteiger partial charge in [-0.2, -0.15) is 0 Å². The molecule has 9 heteroatoms. The van der Waals surface area contributed by atoms with Gasteiger partial charge in [0.25, 0.3) is 0 Å². The van der Waals surface area contributed by atoms with E-state index in [0.717, 1.165) is 17.6 Å². The lowest BCUT2D eigenvalue weighted by Crippen LogP contribution is -2.34. The van der Waals surface area contributed by atoms with Crippen LogP contribution in [0.25, 0.3) is 0 Å². The Hall–Kier alpha value is -3.27. The Balaban J connectivity index is 2.54. The molecular formula is C35H53NO8. The fourth-order valence-electron chi connectivity index (χ4n) is 4.82. The van der Waals surface area contributed by atoms with Crippen LogP contribution in [0.5, 0.6) is 0 Å². The Bertz CT molecular complexity index is 1120. The molecule has 1 unspecified atom stereocenters. The molecule has 0 aromatic rings. The third-order valence-electron chi connectivity index (χ3n) is 7.35. The average Bonchev–Trinajstić information content (AvgIpc) is 2.97. The normalized spacial score (nSPS) is 20.6. The number of ketones is 1. The monoisotopic (exact) mass is 615 g/mol. The molecule has 1 amide bonds. The van der Waals surface area contributed by atoms with Crippen molar-refractivity contribution in [3.8, 4) is 0 Å². The molecule has 0 spiro atoms. The van der Waals surface area contributed by atoms with E-state index in [1.165, 1.54) is 6.08 Å². The molecule has 1 aliphatic heterocycles. The van der Waals surface area contributed by atoms with Gasteiger partial charge in [0.05, 0.1) is 18.8 Å². The maximum atomic E-state index is 13.1. The van der Waals surface area contributed by atoms with Gasteiger partial charge >= 0.3 is 12.1 Å². The first-order chi connectivity index (χ1) is 20.7. The first-order valence-corrected chi connectivity index (χ1v) is 15.4. The number of allylic oxidation sites excluding steroid dienone is 8. The number of carbonyl (C=O) groups is 3. The molecule has 7 atom stereocenters. The molecule has 1 heterocycles. The number of alkyl carbamates (subject to hydrolysis) is 1. The van der Waals surface area contributed by atoms with E-state index in [1.807, 2.05) is 52.0 Å². The summed E-state index contributed by atoms with van der Waals surface area (Å²) in [5.41, 5.74) is 2.63. The highest BCUT2D eigenvalue weighted by Gasteiger charge is 2.27. The van der Waals surface area contributed by atoms with Crippen LogP contribution in [0.2, 0.25) is 0 Å². The number of hydrogen-bond donors (Lipinski definition) is 4. The highest BCUT2D eigenvalue weighted by atomic mass is 16.5. The summed E-state index contributed by atoms with van der Waals surface area (Å²) in [6.45, 7) is 12.9. The molecule has 4 N–H and O–H groups in total. The molecule has 0 aromatic carbocycles. The smallest absolute Gasteiger partial charge is 0.407 e. The van der Waals surface area contributed by atoms with Crippen LogP contribution >= 0.6 is 0 Å². The first-order valence-electron chi connectivity index (χ1n) is 15.4. The number of ether oxygens (including phenoxy) is 2. The van der Waals surface area contributed by atoms with Crippen molar-refractivity contribution < 1.29 is 39.2 Å². The fourth-order valence-corrected chi connectivity index (χ4v) is 4.82. The van der Waals surface area contributed by atoms with E-state index in [9.17, 15) is 24.6 Å². The molecule has 44 heavy (non-hydrogen) atoms. The number of nitrogens with one attached hydrogen (secondary N) is 1. The maximum Gasteiger partial charge on any atom is 0.407 e. The molecule has 0 saturated heterocycles. The Morgan fingerprint density at radius 3 is 2.50 bits per heavy atom. The number of cyclic esters (lactones) is 1. The molecular weight excluding hydrogens is 562 g/mol. The molecule has 0 radical (unpaired) electrons. The molecule has 0 fully saturated rings. The Kier molecular flexibility index (Phi) is 18.2. The van der Waals surface area contributed by atoms with Crippen molar-refractivity contribution in [3.63, 3.8) is 0 Å². The highest BCUT2D eigenvalue weighted by Crippen LogP contribution is 2.23. The fraction of sp³-hybridized carbons (Fsp3) is 0.571. The van der Waals surface area contributed by atoms with Crippen LogP contribution in [0.4, 0.5) is 4.79 Å². The van der Waals surface area contributed by atoms with Gasteiger partial charge in [-0.1, -0.05) is 75.3 Å². The SMILES string of the molecule is CC(C=C[C@H]1CC=CC(=O)O1)=C[C@H](C)CC=CC(C)C=C(C)C(=O)[C@@H](C)[C@H](O)[C@@H](C)CC(C)=CCOC(=O)NC[C@@H](O)CO. The lowest BCUT2D eigenvalue weighted by molar-refractivity contribution is -0.141. The summed E-state index contributed by atoms with van der Waals surface area (Å²) < 4.78 is 10.3. The molecule has 246 valence electrons. The van der Waals surface area contributed by atoms with Crippen molar-refractivity contribution >= 4 is 17.8 Å². The minimum Gasteiger partial charge on any atom is -0.455 e. The van der Waals surface area contributed by atoms with E-state index in [4.69, 9.17) is 14.6 Å². The summed E-state index contributed by atoms with van der Waals surface area (Å²) in [5, 5.41) is 31.3. The minimum absolute atomic E-state index is 0.0280. The number of hydrogen-bond acceptors (Lipinski definition) is 8. The van der Waals surface area contributed by atoms with Crippen molar-refractivity contribution in [1.29, 1.82) is 0 Å². The zero-order valence-corrected chi connectivity index (χ0v) is 27.4. The zero-order chi connectivity index (χ0) is 33.2. The second-order valence-electron chi connectivity index (χ2n) is 11.9. The van der Waals surface area contributed by atoms with Crippen molar-refractivity contribution in [2.24, 2.45) is 23.7 Å². The van der Waals surface area contributed by atoms with Crippen molar-refractivity contribution in [3.05, 3.63) is 71.4 Å². The summed E-state index contributed by atoms with van der Waals surface area (Å²) in [6, 6.07) is 0. The van der Waals surface area contributed by atoms with Crippen molar-refractivity contribution in [1.82, 2.24) is 5.32 Å². The number of amides is 1. The van der Waals surface area contributed by atoms with Crippen LogP contribution < -0.4 is 5.32 Å². The van der Waals surface area contributed by atoms with Gasteiger partial charge in [0.15, 0.2) is 5.78 Å². The van der Waals surface area contributed by atoms with E-state index in [0.29, 0.717) is 24.3 Å². The first kappa shape index (κ1) is 38.8. The van der Waals surface area contributed by atoms with E-state index in [-0.39, 0.29) is 42.8 Å². The second-order valence-corrected chi connectivity index (χ2v) is 11.9.